The third-order valence-electron chi connectivity index (χ3n) is 2.55. The molecule has 15 heavy (non-hydrogen) atoms. The molecule has 0 saturated heterocycles. The van der Waals surface area contributed by atoms with Gasteiger partial charge in [0.25, 0.3) is 0 Å². The smallest absolute Gasteiger partial charge is 0.244 e. The van der Waals surface area contributed by atoms with Crippen LogP contribution in [0.5, 0.6) is 0 Å². The molecule has 0 heterocycles. The molecule has 0 fully saturated rings. The summed E-state index contributed by atoms with van der Waals surface area (Å²) in [5, 5.41) is 0. The van der Waals surface area contributed by atoms with Crippen molar-refractivity contribution in [1.82, 2.24) is 10.9 Å². The van der Waals surface area contributed by atoms with Gasteiger partial charge in [-0.1, -0.05) is 29.8 Å². The van der Waals surface area contributed by atoms with E-state index < -0.39 is 5.41 Å². The predicted octanol–water partition coefficient (Wildman–Crippen LogP) is 1.52. The van der Waals surface area contributed by atoms with E-state index in [4.69, 9.17) is 0 Å². The Morgan fingerprint density at radius 2 is 2.00 bits per heavy atom. The summed E-state index contributed by atoms with van der Waals surface area (Å²) in [7, 11) is 1.68. The van der Waals surface area contributed by atoms with Crippen LogP contribution < -0.4 is 10.9 Å². The number of benzene rings is 1. The minimum atomic E-state index is -0.519. The number of nitrogens with one attached hydrogen (secondary N) is 2. The molecule has 0 aliphatic rings. The zero-order chi connectivity index (χ0) is 11.5. The first kappa shape index (κ1) is 11.7. The molecule has 3 heteroatoms. The van der Waals surface area contributed by atoms with Crippen LogP contribution in [0.3, 0.4) is 0 Å². The second-order valence-corrected chi connectivity index (χ2v) is 4.20. The summed E-state index contributed by atoms with van der Waals surface area (Å²) in [5.41, 5.74) is 6.94. The number of carbonyl (C=O) groups is 1. The number of hydrogen-bond donors (Lipinski definition) is 2. The lowest BCUT2D eigenvalue weighted by Gasteiger charge is -2.24. The molecule has 0 aliphatic heterocycles. The van der Waals surface area contributed by atoms with Gasteiger partial charge in [-0.2, -0.15) is 0 Å². The Morgan fingerprint density at radius 3 is 2.53 bits per heavy atom. The Balaban J connectivity index is 2.99. The molecule has 0 aliphatic carbocycles. The summed E-state index contributed by atoms with van der Waals surface area (Å²) in [4.78, 5) is 11.8. The maximum absolute atomic E-state index is 11.8. The molecule has 0 unspecified atom stereocenters. The van der Waals surface area contributed by atoms with Gasteiger partial charge < -0.3 is 0 Å². The summed E-state index contributed by atoms with van der Waals surface area (Å²) < 4.78 is 0. The van der Waals surface area contributed by atoms with Crippen molar-refractivity contribution in [2.24, 2.45) is 0 Å². The summed E-state index contributed by atoms with van der Waals surface area (Å²) in [5.74, 6) is -0.0319. The fraction of sp³-hybridized carbons (Fsp3) is 0.417. The third kappa shape index (κ3) is 2.57. The fourth-order valence-corrected chi connectivity index (χ4v) is 1.43. The molecule has 1 amide bonds. The molecule has 1 aromatic rings. The van der Waals surface area contributed by atoms with Crippen LogP contribution in [-0.4, -0.2) is 13.0 Å². The monoisotopic (exact) mass is 206 g/mol. The van der Waals surface area contributed by atoms with E-state index >= 15 is 0 Å². The van der Waals surface area contributed by atoms with Crippen LogP contribution in [0.25, 0.3) is 0 Å². The summed E-state index contributed by atoms with van der Waals surface area (Å²) in [6.07, 6.45) is 0. The first-order valence-corrected chi connectivity index (χ1v) is 5.03. The number of rotatable bonds is 3. The second-order valence-electron chi connectivity index (χ2n) is 4.20. The Bertz CT molecular complexity index is 358. The van der Waals surface area contributed by atoms with E-state index in [1.54, 1.807) is 7.05 Å². The Hall–Kier alpha value is -1.35. The van der Waals surface area contributed by atoms with Crippen molar-refractivity contribution in [3.8, 4) is 0 Å². The number of amides is 1. The van der Waals surface area contributed by atoms with Crippen molar-refractivity contribution in [3.63, 3.8) is 0 Å². The molecule has 1 rings (SSSR count). The summed E-state index contributed by atoms with van der Waals surface area (Å²) in [6.45, 7) is 5.85. The van der Waals surface area contributed by atoms with Crippen LogP contribution >= 0.6 is 0 Å². The highest BCUT2D eigenvalue weighted by atomic mass is 16.2. The van der Waals surface area contributed by atoms with Gasteiger partial charge in [0, 0.05) is 7.05 Å². The Morgan fingerprint density at radius 1 is 1.33 bits per heavy atom. The van der Waals surface area contributed by atoms with Gasteiger partial charge in [0.1, 0.15) is 0 Å². The van der Waals surface area contributed by atoms with Gasteiger partial charge in [0.15, 0.2) is 0 Å². The fourth-order valence-electron chi connectivity index (χ4n) is 1.43. The Kier molecular flexibility index (Phi) is 3.48. The number of hydrogen-bond acceptors (Lipinski definition) is 2. The molecule has 3 nitrogen and oxygen atoms in total. The predicted molar refractivity (Wildman–Crippen MR) is 61.4 cm³/mol. The maximum Gasteiger partial charge on any atom is 0.244 e. The normalized spacial score (nSPS) is 11.2. The average Bonchev–Trinajstić information content (AvgIpc) is 2.18. The van der Waals surface area contributed by atoms with E-state index in [2.05, 4.69) is 10.9 Å². The van der Waals surface area contributed by atoms with Gasteiger partial charge in [0.05, 0.1) is 5.41 Å². The van der Waals surface area contributed by atoms with E-state index in [-0.39, 0.29) is 5.91 Å². The highest BCUT2D eigenvalue weighted by molar-refractivity contribution is 5.86. The molecular formula is C12H18N2O. The maximum atomic E-state index is 11.8. The molecule has 0 aromatic heterocycles. The largest absolute Gasteiger partial charge is 0.291 e. The average molecular weight is 206 g/mol. The lowest BCUT2D eigenvalue weighted by Crippen LogP contribution is -2.45. The first-order chi connectivity index (χ1) is 6.98. The molecule has 0 spiro atoms. The van der Waals surface area contributed by atoms with Gasteiger partial charge in [0.2, 0.25) is 5.91 Å². The van der Waals surface area contributed by atoms with Crippen molar-refractivity contribution in [2.75, 3.05) is 7.05 Å². The lowest BCUT2D eigenvalue weighted by molar-refractivity contribution is -0.126. The van der Waals surface area contributed by atoms with E-state index in [0.29, 0.717) is 0 Å². The molecule has 0 bridgehead atoms. The van der Waals surface area contributed by atoms with Crippen LogP contribution in [0.1, 0.15) is 25.0 Å². The zero-order valence-electron chi connectivity index (χ0n) is 9.72. The van der Waals surface area contributed by atoms with Crippen molar-refractivity contribution < 1.29 is 4.79 Å². The van der Waals surface area contributed by atoms with E-state index in [9.17, 15) is 4.79 Å². The number of hydrazine groups is 1. The highest BCUT2D eigenvalue weighted by Crippen LogP contribution is 2.23. The van der Waals surface area contributed by atoms with Crippen LogP contribution in [-0.2, 0) is 10.2 Å². The highest BCUT2D eigenvalue weighted by Gasteiger charge is 2.29. The number of carbonyl (C=O) groups excluding carboxylic acids is 1. The number of aryl methyl sites for hydroxylation is 1. The summed E-state index contributed by atoms with van der Waals surface area (Å²) >= 11 is 0. The van der Waals surface area contributed by atoms with E-state index in [0.717, 1.165) is 11.1 Å². The van der Waals surface area contributed by atoms with Crippen molar-refractivity contribution in [1.29, 1.82) is 0 Å². The first-order valence-electron chi connectivity index (χ1n) is 5.03. The van der Waals surface area contributed by atoms with Crippen molar-refractivity contribution >= 4 is 5.91 Å². The van der Waals surface area contributed by atoms with Gasteiger partial charge in [-0.05, 0) is 26.3 Å². The minimum absolute atomic E-state index is 0.0319. The molecule has 0 radical (unpaired) electrons. The van der Waals surface area contributed by atoms with Crippen LogP contribution in [0, 0.1) is 6.92 Å². The topological polar surface area (TPSA) is 41.1 Å². The SMILES string of the molecule is CNNC(=O)C(C)(C)c1cccc(C)c1. The molecule has 1 aromatic carbocycles. The van der Waals surface area contributed by atoms with Crippen LogP contribution in [0.2, 0.25) is 0 Å². The van der Waals surface area contributed by atoms with E-state index in [1.807, 2.05) is 45.0 Å². The Labute approximate surface area is 90.9 Å². The van der Waals surface area contributed by atoms with E-state index in [1.165, 1.54) is 0 Å². The van der Waals surface area contributed by atoms with Crippen molar-refractivity contribution in [2.45, 2.75) is 26.2 Å². The minimum Gasteiger partial charge on any atom is -0.291 e. The van der Waals surface area contributed by atoms with Gasteiger partial charge in [-0.25, -0.2) is 5.43 Å². The lowest BCUT2D eigenvalue weighted by atomic mass is 9.83. The standard InChI is InChI=1S/C12H18N2O/c1-9-6-5-7-10(8-9)12(2,3)11(15)14-13-4/h5-8,13H,1-4H3,(H,14,15). The van der Waals surface area contributed by atoms with Gasteiger partial charge in [-0.15, -0.1) is 0 Å². The zero-order valence-corrected chi connectivity index (χ0v) is 9.72. The molecule has 0 atom stereocenters. The summed E-state index contributed by atoms with van der Waals surface area (Å²) in [6, 6.07) is 8.01. The van der Waals surface area contributed by atoms with Crippen molar-refractivity contribution in [3.05, 3.63) is 35.4 Å². The third-order valence-corrected chi connectivity index (χ3v) is 2.55. The van der Waals surface area contributed by atoms with Crippen LogP contribution in [0.4, 0.5) is 0 Å². The molecule has 2 N–H and O–H groups in total. The van der Waals surface area contributed by atoms with Gasteiger partial charge >= 0.3 is 0 Å². The molecule has 0 saturated carbocycles. The van der Waals surface area contributed by atoms with Crippen LogP contribution in [0.15, 0.2) is 24.3 Å². The van der Waals surface area contributed by atoms with Gasteiger partial charge in [-0.3, -0.25) is 10.2 Å². The molecule has 82 valence electrons. The molecular weight excluding hydrogens is 188 g/mol. The quantitative estimate of drug-likeness (QED) is 0.736. The second kappa shape index (κ2) is 4.45.